The summed E-state index contributed by atoms with van der Waals surface area (Å²) in [5.74, 6) is -0.738. The Labute approximate surface area is 174 Å². The number of ether oxygens (including phenoxy) is 2. The van der Waals surface area contributed by atoms with Crippen molar-refractivity contribution in [3.05, 3.63) is 57.6 Å². The molecular formula is C21H25N3O6. The molecule has 0 aliphatic carbocycles. The Balaban J connectivity index is 2.41. The molecule has 2 N–H and O–H groups in total. The minimum absolute atomic E-state index is 0.0438. The van der Waals surface area contributed by atoms with Gasteiger partial charge in [0.05, 0.1) is 36.0 Å². The highest BCUT2D eigenvalue weighted by atomic mass is 16.6. The molecule has 2 rings (SSSR count). The maximum atomic E-state index is 12.9. The van der Waals surface area contributed by atoms with Crippen LogP contribution < -0.4 is 20.1 Å². The summed E-state index contributed by atoms with van der Waals surface area (Å²) in [4.78, 5) is 36.3. The lowest BCUT2D eigenvalue weighted by molar-refractivity contribution is -0.385. The number of nitrogens with one attached hydrogen (secondary N) is 2. The van der Waals surface area contributed by atoms with Crippen LogP contribution in [0, 0.1) is 10.1 Å². The summed E-state index contributed by atoms with van der Waals surface area (Å²) in [6, 6.07) is 8.81. The average Bonchev–Trinajstić information content (AvgIpc) is 2.73. The molecule has 30 heavy (non-hydrogen) atoms. The van der Waals surface area contributed by atoms with Gasteiger partial charge >= 0.3 is 0 Å². The quantitative estimate of drug-likeness (QED) is 0.475. The van der Waals surface area contributed by atoms with Gasteiger partial charge < -0.3 is 20.1 Å². The summed E-state index contributed by atoms with van der Waals surface area (Å²) in [6.07, 6.45) is 0.748. The number of anilines is 1. The SMILES string of the molecule is CCOc1cc([N+](=O)[O-])c(C(=O)Nc2ccccc2C(=O)NC(C)CC)cc1OC. The van der Waals surface area contributed by atoms with Crippen LogP contribution in [0.25, 0.3) is 0 Å². The van der Waals surface area contributed by atoms with Gasteiger partial charge in [-0.25, -0.2) is 0 Å². The Kier molecular flexibility index (Phi) is 7.74. The summed E-state index contributed by atoms with van der Waals surface area (Å²) < 4.78 is 10.6. The number of methoxy groups -OCH3 is 1. The number of hydrogen-bond donors (Lipinski definition) is 2. The van der Waals surface area contributed by atoms with Gasteiger partial charge in [0.1, 0.15) is 5.56 Å². The van der Waals surface area contributed by atoms with Crippen LogP contribution in [-0.2, 0) is 0 Å². The predicted octanol–water partition coefficient (Wildman–Crippen LogP) is 3.78. The maximum Gasteiger partial charge on any atom is 0.286 e. The minimum Gasteiger partial charge on any atom is -0.493 e. The Morgan fingerprint density at radius 3 is 2.40 bits per heavy atom. The normalized spacial score (nSPS) is 11.3. The van der Waals surface area contributed by atoms with Crippen molar-refractivity contribution in [3.8, 4) is 11.5 Å². The van der Waals surface area contributed by atoms with E-state index in [0.29, 0.717) is 0 Å². The number of amides is 2. The van der Waals surface area contributed by atoms with E-state index in [1.165, 1.54) is 13.2 Å². The van der Waals surface area contributed by atoms with Gasteiger partial charge in [0, 0.05) is 12.1 Å². The highest BCUT2D eigenvalue weighted by Crippen LogP contribution is 2.35. The third-order valence-electron chi connectivity index (χ3n) is 4.43. The lowest BCUT2D eigenvalue weighted by atomic mass is 10.1. The molecule has 0 saturated heterocycles. The zero-order valence-corrected chi connectivity index (χ0v) is 17.4. The summed E-state index contributed by atoms with van der Waals surface area (Å²) in [5.41, 5.74) is -0.145. The monoisotopic (exact) mass is 415 g/mol. The molecule has 1 unspecified atom stereocenters. The second-order valence-corrected chi connectivity index (χ2v) is 6.49. The smallest absolute Gasteiger partial charge is 0.286 e. The molecule has 9 heteroatoms. The van der Waals surface area contributed by atoms with Crippen LogP contribution in [0.4, 0.5) is 11.4 Å². The third-order valence-corrected chi connectivity index (χ3v) is 4.43. The Bertz CT molecular complexity index is 944. The van der Waals surface area contributed by atoms with Crippen LogP contribution in [0.15, 0.2) is 36.4 Å². The third kappa shape index (κ3) is 5.25. The van der Waals surface area contributed by atoms with Crippen molar-refractivity contribution < 1.29 is 24.0 Å². The number of carbonyl (C=O) groups excluding carboxylic acids is 2. The molecule has 0 bridgehead atoms. The minimum atomic E-state index is -0.744. The van der Waals surface area contributed by atoms with Crippen LogP contribution in [0.5, 0.6) is 11.5 Å². The van der Waals surface area contributed by atoms with E-state index in [1.54, 1.807) is 31.2 Å². The van der Waals surface area contributed by atoms with Crippen molar-refractivity contribution in [3.63, 3.8) is 0 Å². The molecular weight excluding hydrogens is 390 g/mol. The number of nitro groups is 1. The number of nitrogens with zero attached hydrogens (tertiary/aromatic N) is 1. The van der Waals surface area contributed by atoms with Gasteiger partial charge in [-0.3, -0.25) is 19.7 Å². The van der Waals surface area contributed by atoms with Crippen molar-refractivity contribution in [2.45, 2.75) is 33.2 Å². The van der Waals surface area contributed by atoms with E-state index in [2.05, 4.69) is 10.6 Å². The van der Waals surface area contributed by atoms with Gasteiger partial charge in [-0.05, 0) is 32.4 Å². The van der Waals surface area contributed by atoms with Gasteiger partial charge in [0.15, 0.2) is 11.5 Å². The zero-order valence-electron chi connectivity index (χ0n) is 17.4. The first-order valence-corrected chi connectivity index (χ1v) is 9.52. The molecule has 2 aromatic rings. The van der Waals surface area contributed by atoms with Crippen LogP contribution in [0.3, 0.4) is 0 Å². The lowest BCUT2D eigenvalue weighted by Crippen LogP contribution is -2.32. The maximum absolute atomic E-state index is 12.9. The van der Waals surface area contributed by atoms with Gasteiger partial charge in [0.2, 0.25) is 0 Å². The number of rotatable bonds is 9. The number of benzene rings is 2. The predicted molar refractivity (Wildman–Crippen MR) is 112 cm³/mol. The van der Waals surface area contributed by atoms with E-state index in [1.807, 2.05) is 13.8 Å². The van der Waals surface area contributed by atoms with Crippen LogP contribution in [0.1, 0.15) is 47.9 Å². The highest BCUT2D eigenvalue weighted by molar-refractivity contribution is 6.11. The molecule has 0 aromatic heterocycles. The molecule has 0 saturated carbocycles. The van der Waals surface area contributed by atoms with E-state index < -0.39 is 16.5 Å². The fourth-order valence-electron chi connectivity index (χ4n) is 2.69. The summed E-state index contributed by atoms with van der Waals surface area (Å²) in [6.45, 7) is 5.82. The molecule has 2 amide bonds. The fraction of sp³-hybridized carbons (Fsp3) is 0.333. The zero-order chi connectivity index (χ0) is 22.3. The van der Waals surface area contributed by atoms with E-state index in [9.17, 15) is 19.7 Å². The largest absolute Gasteiger partial charge is 0.493 e. The van der Waals surface area contributed by atoms with Crippen LogP contribution in [0.2, 0.25) is 0 Å². The molecule has 0 spiro atoms. The molecule has 0 heterocycles. The molecule has 0 radical (unpaired) electrons. The number of hydrogen-bond acceptors (Lipinski definition) is 6. The van der Waals surface area contributed by atoms with Crippen molar-refractivity contribution in [2.75, 3.05) is 19.0 Å². The van der Waals surface area contributed by atoms with Crippen LogP contribution >= 0.6 is 0 Å². The summed E-state index contributed by atoms with van der Waals surface area (Å²) >= 11 is 0. The molecule has 2 aromatic carbocycles. The highest BCUT2D eigenvalue weighted by Gasteiger charge is 2.26. The van der Waals surface area contributed by atoms with E-state index in [4.69, 9.17) is 9.47 Å². The van der Waals surface area contributed by atoms with E-state index in [0.717, 1.165) is 12.5 Å². The van der Waals surface area contributed by atoms with Gasteiger partial charge in [-0.1, -0.05) is 19.1 Å². The Hall–Kier alpha value is -3.62. The average molecular weight is 415 g/mol. The van der Waals surface area contributed by atoms with Crippen LogP contribution in [-0.4, -0.2) is 36.5 Å². The molecule has 0 fully saturated rings. The standard InChI is InChI=1S/C21H25N3O6/c1-5-13(3)22-20(25)14-9-7-8-10-16(14)23-21(26)15-11-18(29-4)19(30-6-2)12-17(15)24(27)28/h7-13H,5-6H2,1-4H3,(H,22,25)(H,23,26). The first-order chi connectivity index (χ1) is 14.3. The second kappa shape index (κ2) is 10.2. The van der Waals surface area contributed by atoms with Gasteiger partial charge in [-0.15, -0.1) is 0 Å². The molecule has 1 atom stereocenters. The number of carbonyl (C=O) groups is 2. The number of para-hydroxylation sites is 1. The molecule has 160 valence electrons. The topological polar surface area (TPSA) is 120 Å². The first kappa shape index (κ1) is 22.7. The number of nitro benzene ring substituents is 1. The molecule has 0 aliphatic rings. The van der Waals surface area contributed by atoms with Crippen molar-refractivity contribution in [1.29, 1.82) is 0 Å². The van der Waals surface area contributed by atoms with Crippen molar-refractivity contribution in [1.82, 2.24) is 5.32 Å². The molecule has 0 aliphatic heterocycles. The molecule has 9 nitrogen and oxygen atoms in total. The Morgan fingerprint density at radius 2 is 1.80 bits per heavy atom. The van der Waals surface area contributed by atoms with E-state index in [-0.39, 0.29) is 46.9 Å². The van der Waals surface area contributed by atoms with Crippen molar-refractivity contribution >= 4 is 23.2 Å². The van der Waals surface area contributed by atoms with Gasteiger partial charge in [0.25, 0.3) is 17.5 Å². The summed E-state index contributed by atoms with van der Waals surface area (Å²) in [5, 5.41) is 17.0. The van der Waals surface area contributed by atoms with Gasteiger partial charge in [-0.2, -0.15) is 0 Å². The fourth-order valence-corrected chi connectivity index (χ4v) is 2.69. The van der Waals surface area contributed by atoms with Crippen molar-refractivity contribution in [2.24, 2.45) is 0 Å². The second-order valence-electron chi connectivity index (χ2n) is 6.49. The lowest BCUT2D eigenvalue weighted by Gasteiger charge is -2.15. The van der Waals surface area contributed by atoms with E-state index >= 15 is 0 Å². The Morgan fingerprint density at radius 1 is 1.10 bits per heavy atom. The summed E-state index contributed by atoms with van der Waals surface area (Å²) in [7, 11) is 1.37. The first-order valence-electron chi connectivity index (χ1n) is 9.52.